The Morgan fingerprint density at radius 3 is 2.57 bits per heavy atom. The molecule has 0 unspecified atom stereocenters. The molecule has 0 saturated carbocycles. The summed E-state index contributed by atoms with van der Waals surface area (Å²) >= 11 is 6.20. The average Bonchev–Trinajstić information content (AvgIpc) is 2.70. The molecule has 1 heterocycles. The molecule has 3 rings (SSSR count). The van der Waals surface area contributed by atoms with Crippen LogP contribution in [0.5, 0.6) is 5.75 Å². The second kappa shape index (κ2) is 9.94. The zero-order chi connectivity index (χ0) is 21.0. The number of benzene rings is 2. The summed E-state index contributed by atoms with van der Waals surface area (Å²) in [5, 5.41) is 33.6. The summed E-state index contributed by atoms with van der Waals surface area (Å²) < 4.78 is 5.18. The first-order valence-electron chi connectivity index (χ1n) is 9.29. The van der Waals surface area contributed by atoms with Crippen LogP contribution in [0.3, 0.4) is 0 Å². The number of anilines is 1. The van der Waals surface area contributed by atoms with E-state index in [0.29, 0.717) is 41.5 Å². The number of methoxy groups -OCH3 is 1. The van der Waals surface area contributed by atoms with Crippen LogP contribution in [-0.2, 0) is 13.0 Å². The number of ether oxygens (including phenoxy) is 1. The van der Waals surface area contributed by atoms with Crippen LogP contribution < -0.4 is 10.1 Å². The van der Waals surface area contributed by atoms with Crippen LogP contribution >= 0.6 is 24.0 Å². The Kier molecular flexibility index (Phi) is 7.85. The summed E-state index contributed by atoms with van der Waals surface area (Å²) in [6, 6.07) is 13.2. The molecule has 8 heteroatoms. The Bertz CT molecular complexity index is 1080. The van der Waals surface area contributed by atoms with Gasteiger partial charge in [0.1, 0.15) is 5.75 Å². The lowest BCUT2D eigenvalue weighted by atomic mass is 9.98. The van der Waals surface area contributed by atoms with E-state index in [9.17, 15) is 10.4 Å². The van der Waals surface area contributed by atoms with Gasteiger partial charge in [0.25, 0.3) is 0 Å². The summed E-state index contributed by atoms with van der Waals surface area (Å²) in [5.41, 5.74) is 1.53. The third-order valence-corrected chi connectivity index (χ3v) is 4.93. The molecule has 2 aromatic carbocycles. The number of nitrogens with one attached hydrogen (secondary N) is 1. The van der Waals surface area contributed by atoms with Crippen molar-refractivity contribution in [2.75, 3.05) is 12.4 Å². The van der Waals surface area contributed by atoms with Crippen LogP contribution in [0.4, 0.5) is 5.82 Å². The van der Waals surface area contributed by atoms with Crippen molar-refractivity contribution >= 4 is 40.6 Å². The van der Waals surface area contributed by atoms with Crippen molar-refractivity contribution in [3.05, 3.63) is 58.2 Å². The predicted molar refractivity (Wildman–Crippen MR) is 121 cm³/mol. The number of aryl methyl sites for hydroxylation is 1. The van der Waals surface area contributed by atoms with E-state index in [4.69, 9.17) is 16.3 Å². The highest BCUT2D eigenvalue weighted by Gasteiger charge is 2.16. The lowest BCUT2D eigenvalue weighted by molar-refractivity contribution is 0.0712. The Morgan fingerprint density at radius 1 is 1.17 bits per heavy atom. The van der Waals surface area contributed by atoms with Crippen LogP contribution in [-0.4, -0.2) is 28.0 Å². The van der Waals surface area contributed by atoms with Gasteiger partial charge in [-0.25, -0.2) is 0 Å². The van der Waals surface area contributed by atoms with Crippen molar-refractivity contribution in [3.8, 4) is 11.8 Å². The first-order valence-corrected chi connectivity index (χ1v) is 9.66. The molecule has 158 valence electrons. The van der Waals surface area contributed by atoms with Crippen molar-refractivity contribution < 1.29 is 9.84 Å². The quantitative estimate of drug-likeness (QED) is 0.535. The van der Waals surface area contributed by atoms with Gasteiger partial charge in [-0.05, 0) is 56.5 Å². The monoisotopic (exact) mass is 446 g/mol. The number of rotatable bonds is 7. The van der Waals surface area contributed by atoms with Gasteiger partial charge in [-0.3, -0.25) is 0 Å². The fourth-order valence-corrected chi connectivity index (χ4v) is 3.30. The zero-order valence-electron chi connectivity index (χ0n) is 17.1. The third-order valence-electron chi connectivity index (χ3n) is 4.64. The van der Waals surface area contributed by atoms with Crippen molar-refractivity contribution in [1.82, 2.24) is 10.2 Å². The summed E-state index contributed by atoms with van der Waals surface area (Å²) in [6.07, 6.45) is 1.15. The van der Waals surface area contributed by atoms with Crippen molar-refractivity contribution in [2.45, 2.75) is 38.8 Å². The average molecular weight is 447 g/mol. The van der Waals surface area contributed by atoms with Gasteiger partial charge < -0.3 is 15.2 Å². The molecule has 0 spiro atoms. The minimum Gasteiger partial charge on any atom is -0.495 e. The lowest BCUT2D eigenvalue weighted by Crippen LogP contribution is -2.19. The normalized spacial score (nSPS) is 10.9. The Balaban J connectivity index is 0.00000320. The summed E-state index contributed by atoms with van der Waals surface area (Å²) in [5.74, 6) is 1.21. The largest absolute Gasteiger partial charge is 0.495 e. The maximum Gasteiger partial charge on any atom is 0.156 e. The number of nitriles is 1. The predicted octanol–water partition coefficient (Wildman–Crippen LogP) is 4.90. The molecule has 0 amide bonds. The summed E-state index contributed by atoms with van der Waals surface area (Å²) in [4.78, 5) is 0. The van der Waals surface area contributed by atoms with Gasteiger partial charge in [0.05, 0.1) is 35.1 Å². The smallest absolute Gasteiger partial charge is 0.156 e. The molecule has 30 heavy (non-hydrogen) atoms. The molecular weight excluding hydrogens is 423 g/mol. The fraction of sp³-hybridized carbons (Fsp3) is 0.318. The van der Waals surface area contributed by atoms with Crippen LogP contribution in [0.1, 0.15) is 37.1 Å². The first-order chi connectivity index (χ1) is 13.8. The van der Waals surface area contributed by atoms with Gasteiger partial charge in [-0.2, -0.15) is 10.4 Å². The molecule has 3 aromatic rings. The third kappa shape index (κ3) is 5.73. The van der Waals surface area contributed by atoms with Gasteiger partial charge in [0.2, 0.25) is 0 Å². The molecule has 6 nitrogen and oxygen atoms in total. The molecule has 0 aliphatic rings. The van der Waals surface area contributed by atoms with Crippen molar-refractivity contribution in [1.29, 1.82) is 5.26 Å². The van der Waals surface area contributed by atoms with E-state index >= 15 is 0 Å². The molecule has 0 aliphatic carbocycles. The number of aliphatic hydroxyl groups is 1. The molecule has 2 N–H and O–H groups in total. The van der Waals surface area contributed by atoms with Crippen LogP contribution in [0, 0.1) is 11.3 Å². The minimum absolute atomic E-state index is 0. The highest BCUT2D eigenvalue weighted by molar-refractivity contribution is 6.32. The number of halogens is 2. The second-order valence-corrected chi connectivity index (χ2v) is 7.91. The SMILES string of the molecule is COc1ccc(CNc2nnc(CCC(C)(C)O)c3ccc(C#N)cc23)cc1Cl.Cl. The number of hydrogen-bond acceptors (Lipinski definition) is 6. The molecule has 0 aliphatic heterocycles. The number of hydrogen-bond donors (Lipinski definition) is 2. The van der Waals surface area contributed by atoms with Crippen molar-refractivity contribution in [2.24, 2.45) is 0 Å². The number of aromatic nitrogens is 2. The van der Waals surface area contributed by atoms with E-state index in [1.165, 1.54) is 0 Å². The van der Waals surface area contributed by atoms with Crippen LogP contribution in [0.2, 0.25) is 5.02 Å². The first kappa shape index (κ1) is 23.7. The van der Waals surface area contributed by atoms with Crippen LogP contribution in [0.25, 0.3) is 10.8 Å². The topological polar surface area (TPSA) is 91.1 Å². The Hall–Kier alpha value is -2.59. The van der Waals surface area contributed by atoms with Gasteiger partial charge in [-0.1, -0.05) is 23.7 Å². The van der Waals surface area contributed by atoms with Gasteiger partial charge >= 0.3 is 0 Å². The summed E-state index contributed by atoms with van der Waals surface area (Å²) in [6.45, 7) is 4.03. The highest BCUT2D eigenvalue weighted by Crippen LogP contribution is 2.28. The van der Waals surface area contributed by atoms with Gasteiger partial charge in [0.15, 0.2) is 5.82 Å². The molecule has 0 fully saturated rings. The minimum atomic E-state index is -0.787. The molecule has 1 aromatic heterocycles. The second-order valence-electron chi connectivity index (χ2n) is 7.50. The van der Waals surface area contributed by atoms with Gasteiger partial charge in [0, 0.05) is 17.3 Å². The van der Waals surface area contributed by atoms with Crippen LogP contribution in [0.15, 0.2) is 36.4 Å². The van der Waals surface area contributed by atoms with E-state index < -0.39 is 5.60 Å². The Morgan fingerprint density at radius 2 is 1.93 bits per heavy atom. The molecular formula is C22H24Cl2N4O2. The van der Waals surface area contributed by atoms with E-state index in [1.807, 2.05) is 24.3 Å². The maximum absolute atomic E-state index is 10.0. The zero-order valence-corrected chi connectivity index (χ0v) is 18.6. The molecule has 0 atom stereocenters. The summed E-state index contributed by atoms with van der Waals surface area (Å²) in [7, 11) is 1.58. The van der Waals surface area contributed by atoms with E-state index in [-0.39, 0.29) is 12.4 Å². The highest BCUT2D eigenvalue weighted by atomic mass is 35.5. The van der Waals surface area contributed by atoms with E-state index in [0.717, 1.165) is 22.0 Å². The molecule has 0 bridgehead atoms. The maximum atomic E-state index is 10.0. The van der Waals surface area contributed by atoms with E-state index in [2.05, 4.69) is 21.6 Å². The lowest BCUT2D eigenvalue weighted by Gasteiger charge is -2.17. The van der Waals surface area contributed by atoms with Crippen molar-refractivity contribution in [3.63, 3.8) is 0 Å². The Labute approximate surface area is 187 Å². The van der Waals surface area contributed by atoms with E-state index in [1.54, 1.807) is 33.1 Å². The standard InChI is InChI=1S/C22H23ClN4O2.ClH/c1-22(2,28)9-8-19-16-6-4-14(12-24)10-17(16)21(27-26-19)25-13-15-5-7-20(29-3)18(23)11-15;/h4-7,10-11,28H,8-9,13H2,1-3H3,(H,25,27);1H. The number of fused-ring (bicyclic) bond motifs is 1. The number of nitrogens with zero attached hydrogens (tertiary/aromatic N) is 3. The molecule has 0 saturated heterocycles. The van der Waals surface area contributed by atoms with Gasteiger partial charge in [-0.15, -0.1) is 17.5 Å². The fourth-order valence-electron chi connectivity index (χ4n) is 3.02. The molecule has 0 radical (unpaired) electrons.